The highest BCUT2D eigenvalue weighted by Crippen LogP contribution is 2.18. The number of rotatable bonds is 9. The van der Waals surface area contributed by atoms with E-state index in [1.54, 1.807) is 0 Å². The minimum absolute atomic E-state index is 0.168. The van der Waals surface area contributed by atoms with Crippen LogP contribution < -0.4 is 16.0 Å². The number of hydrogen-bond acceptors (Lipinski definition) is 3. The molecule has 1 aliphatic rings. The Bertz CT molecular complexity index is 522. The van der Waals surface area contributed by atoms with Gasteiger partial charge in [-0.1, -0.05) is 6.92 Å². The lowest BCUT2D eigenvalue weighted by Gasteiger charge is -2.11. The highest BCUT2D eigenvalue weighted by atomic mass is 32.1. The molecule has 1 amide bonds. The van der Waals surface area contributed by atoms with Crippen molar-refractivity contribution in [2.45, 2.75) is 58.5 Å². The predicted molar refractivity (Wildman–Crippen MR) is 96.9 cm³/mol. The molecule has 23 heavy (non-hydrogen) atoms. The molecule has 0 radical (unpaired) electrons. The van der Waals surface area contributed by atoms with Crippen molar-refractivity contribution in [2.75, 3.05) is 13.1 Å². The van der Waals surface area contributed by atoms with Crippen molar-refractivity contribution in [3.05, 3.63) is 21.9 Å². The molecule has 0 bridgehead atoms. The fourth-order valence-electron chi connectivity index (χ4n) is 2.18. The highest BCUT2D eigenvalue weighted by molar-refractivity contribution is 7.11. The second kappa shape index (κ2) is 9.55. The summed E-state index contributed by atoms with van der Waals surface area (Å²) in [6.45, 7) is 6.51. The summed E-state index contributed by atoms with van der Waals surface area (Å²) in [4.78, 5) is 18.9. The summed E-state index contributed by atoms with van der Waals surface area (Å²) in [5.41, 5.74) is 0. The quantitative estimate of drug-likeness (QED) is 0.369. The topological polar surface area (TPSA) is 65.5 Å². The third-order valence-corrected chi connectivity index (χ3v) is 4.83. The number of aryl methyl sites for hydroxylation is 1. The van der Waals surface area contributed by atoms with Gasteiger partial charge in [0.15, 0.2) is 5.96 Å². The van der Waals surface area contributed by atoms with Gasteiger partial charge in [-0.2, -0.15) is 0 Å². The Kier molecular flexibility index (Phi) is 7.39. The van der Waals surface area contributed by atoms with Gasteiger partial charge in [0.05, 0.1) is 6.54 Å². The summed E-state index contributed by atoms with van der Waals surface area (Å²) in [5, 5.41) is 9.56. The van der Waals surface area contributed by atoms with Gasteiger partial charge in [-0.25, -0.2) is 4.99 Å². The molecule has 0 aromatic carbocycles. The molecule has 0 spiro atoms. The molecular weight excluding hydrogens is 308 g/mol. The van der Waals surface area contributed by atoms with Crippen molar-refractivity contribution >= 4 is 23.2 Å². The van der Waals surface area contributed by atoms with E-state index in [1.165, 1.54) is 9.75 Å². The van der Waals surface area contributed by atoms with E-state index in [1.807, 2.05) is 11.3 Å². The molecule has 6 heteroatoms. The molecule has 2 rings (SSSR count). The summed E-state index contributed by atoms with van der Waals surface area (Å²) in [6, 6.07) is 4.78. The van der Waals surface area contributed by atoms with Gasteiger partial charge in [-0.05, 0) is 44.7 Å². The normalized spacial score (nSPS) is 14.6. The number of carbonyl (C=O) groups is 1. The molecule has 1 heterocycles. The summed E-state index contributed by atoms with van der Waals surface area (Å²) < 4.78 is 0. The second-order valence-electron chi connectivity index (χ2n) is 5.79. The minimum atomic E-state index is 0.168. The van der Waals surface area contributed by atoms with Crippen LogP contribution in [0.25, 0.3) is 0 Å². The standard InChI is InChI=1S/C17H28N4OS/c1-3-14-9-10-15(23-14)12-20-17(18-4-2)19-11-5-6-16(22)21-13-7-8-13/h9-10,13H,3-8,11-12H2,1-2H3,(H,21,22)(H2,18,19,20). The first kappa shape index (κ1) is 17.8. The summed E-state index contributed by atoms with van der Waals surface area (Å²) >= 11 is 1.82. The Morgan fingerprint density at radius 2 is 2.04 bits per heavy atom. The van der Waals surface area contributed by atoms with E-state index in [2.05, 4.69) is 46.9 Å². The first-order chi connectivity index (χ1) is 11.2. The van der Waals surface area contributed by atoms with E-state index in [9.17, 15) is 4.79 Å². The number of amides is 1. The molecular formula is C17H28N4OS. The summed E-state index contributed by atoms with van der Waals surface area (Å²) in [7, 11) is 0. The molecule has 0 aliphatic heterocycles. The molecule has 5 nitrogen and oxygen atoms in total. The molecule has 1 aromatic heterocycles. The van der Waals surface area contributed by atoms with Crippen LogP contribution in [0.2, 0.25) is 0 Å². The predicted octanol–water partition coefficient (Wildman–Crippen LogP) is 2.42. The number of nitrogens with zero attached hydrogens (tertiary/aromatic N) is 1. The molecule has 0 unspecified atom stereocenters. The van der Waals surface area contributed by atoms with Crippen LogP contribution in [0.3, 0.4) is 0 Å². The third-order valence-electron chi connectivity index (χ3n) is 3.62. The summed E-state index contributed by atoms with van der Waals surface area (Å²) in [6.07, 6.45) is 4.76. The molecule has 1 aromatic rings. The van der Waals surface area contributed by atoms with E-state index < -0.39 is 0 Å². The smallest absolute Gasteiger partial charge is 0.220 e. The van der Waals surface area contributed by atoms with Crippen LogP contribution in [-0.4, -0.2) is 31.0 Å². The van der Waals surface area contributed by atoms with E-state index in [-0.39, 0.29) is 5.91 Å². The first-order valence-electron chi connectivity index (χ1n) is 8.60. The lowest BCUT2D eigenvalue weighted by Crippen LogP contribution is -2.38. The van der Waals surface area contributed by atoms with E-state index in [0.29, 0.717) is 19.0 Å². The Balaban J connectivity index is 1.69. The highest BCUT2D eigenvalue weighted by Gasteiger charge is 2.22. The lowest BCUT2D eigenvalue weighted by atomic mass is 10.3. The van der Waals surface area contributed by atoms with Gasteiger partial charge in [-0.15, -0.1) is 11.3 Å². The van der Waals surface area contributed by atoms with Gasteiger partial charge in [0.25, 0.3) is 0 Å². The third kappa shape index (κ3) is 7.03. The fraction of sp³-hybridized carbons (Fsp3) is 0.647. The number of thiophene rings is 1. The van der Waals surface area contributed by atoms with E-state index >= 15 is 0 Å². The second-order valence-corrected chi connectivity index (χ2v) is 7.04. The Labute approximate surface area is 143 Å². The van der Waals surface area contributed by atoms with Gasteiger partial charge < -0.3 is 16.0 Å². The maximum atomic E-state index is 11.6. The molecule has 0 saturated heterocycles. The van der Waals surface area contributed by atoms with E-state index in [0.717, 1.165) is 44.7 Å². The zero-order valence-corrected chi connectivity index (χ0v) is 15.0. The van der Waals surface area contributed by atoms with E-state index in [4.69, 9.17) is 0 Å². The van der Waals surface area contributed by atoms with Gasteiger partial charge in [0.2, 0.25) is 5.91 Å². The number of carbonyl (C=O) groups excluding carboxylic acids is 1. The largest absolute Gasteiger partial charge is 0.357 e. The Morgan fingerprint density at radius 1 is 1.26 bits per heavy atom. The van der Waals surface area contributed by atoms with Crippen molar-refractivity contribution < 1.29 is 4.79 Å². The van der Waals surface area contributed by atoms with Crippen LogP contribution in [0.5, 0.6) is 0 Å². The SMILES string of the molecule is CCNC(=NCc1ccc(CC)s1)NCCCC(=O)NC1CC1. The van der Waals surface area contributed by atoms with Crippen LogP contribution in [0.1, 0.15) is 49.3 Å². The lowest BCUT2D eigenvalue weighted by molar-refractivity contribution is -0.121. The van der Waals surface area contributed by atoms with Gasteiger partial charge in [-0.3, -0.25) is 4.79 Å². The van der Waals surface area contributed by atoms with Crippen LogP contribution >= 0.6 is 11.3 Å². The van der Waals surface area contributed by atoms with Gasteiger partial charge in [0, 0.05) is 35.3 Å². The molecule has 128 valence electrons. The molecule has 1 aliphatic carbocycles. The number of hydrogen-bond donors (Lipinski definition) is 3. The van der Waals surface area contributed by atoms with Gasteiger partial charge >= 0.3 is 0 Å². The average molecular weight is 337 g/mol. The minimum Gasteiger partial charge on any atom is -0.357 e. The zero-order chi connectivity index (χ0) is 16.5. The Morgan fingerprint density at radius 3 is 2.70 bits per heavy atom. The molecule has 1 fully saturated rings. The van der Waals surface area contributed by atoms with Crippen molar-refractivity contribution in [3.63, 3.8) is 0 Å². The van der Waals surface area contributed by atoms with Crippen LogP contribution in [0.15, 0.2) is 17.1 Å². The van der Waals surface area contributed by atoms with Crippen molar-refractivity contribution in [1.82, 2.24) is 16.0 Å². The van der Waals surface area contributed by atoms with Crippen molar-refractivity contribution in [2.24, 2.45) is 4.99 Å². The Hall–Kier alpha value is -1.56. The molecule has 0 atom stereocenters. The maximum absolute atomic E-state index is 11.6. The fourth-order valence-corrected chi connectivity index (χ4v) is 3.06. The van der Waals surface area contributed by atoms with Crippen LogP contribution in [0, 0.1) is 0 Å². The van der Waals surface area contributed by atoms with Crippen molar-refractivity contribution in [3.8, 4) is 0 Å². The van der Waals surface area contributed by atoms with Crippen molar-refractivity contribution in [1.29, 1.82) is 0 Å². The number of guanidine groups is 1. The summed E-state index contributed by atoms with van der Waals surface area (Å²) in [5.74, 6) is 0.989. The average Bonchev–Trinajstić information content (AvgIpc) is 3.23. The maximum Gasteiger partial charge on any atom is 0.220 e. The molecule has 3 N–H and O–H groups in total. The zero-order valence-electron chi connectivity index (χ0n) is 14.2. The number of nitrogens with one attached hydrogen (secondary N) is 3. The van der Waals surface area contributed by atoms with Gasteiger partial charge in [0.1, 0.15) is 0 Å². The van der Waals surface area contributed by atoms with Crippen LogP contribution in [-0.2, 0) is 17.8 Å². The molecule has 1 saturated carbocycles. The van der Waals surface area contributed by atoms with Crippen LogP contribution in [0.4, 0.5) is 0 Å². The first-order valence-corrected chi connectivity index (χ1v) is 9.42. The number of aliphatic imine (C=N–C) groups is 1. The monoisotopic (exact) mass is 336 g/mol.